The van der Waals surface area contributed by atoms with Crippen molar-refractivity contribution >= 4 is 17.3 Å². The van der Waals surface area contributed by atoms with Gasteiger partial charge in [-0.05, 0) is 32.9 Å². The summed E-state index contributed by atoms with van der Waals surface area (Å²) in [6, 6.07) is 5.71. The van der Waals surface area contributed by atoms with Crippen LogP contribution in [-0.2, 0) is 10.2 Å². The SMILES string of the molecule is Cc1cccc(-c2nc(C(C)(C)C(=O)O)cs2)n1. The van der Waals surface area contributed by atoms with Crippen molar-refractivity contribution in [2.75, 3.05) is 0 Å². The number of rotatable bonds is 3. The van der Waals surface area contributed by atoms with Gasteiger partial charge in [0.25, 0.3) is 0 Å². The minimum atomic E-state index is -0.974. The van der Waals surface area contributed by atoms with E-state index in [0.29, 0.717) is 5.69 Å². The summed E-state index contributed by atoms with van der Waals surface area (Å²) in [5.41, 5.74) is 1.30. The number of pyridine rings is 1. The summed E-state index contributed by atoms with van der Waals surface area (Å²) >= 11 is 1.42. The van der Waals surface area contributed by atoms with Crippen LogP contribution in [-0.4, -0.2) is 21.0 Å². The smallest absolute Gasteiger partial charge is 0.315 e. The Kier molecular flexibility index (Phi) is 3.17. The van der Waals surface area contributed by atoms with Crippen molar-refractivity contribution in [3.63, 3.8) is 0 Å². The Morgan fingerprint density at radius 2 is 2.06 bits per heavy atom. The van der Waals surface area contributed by atoms with Crippen molar-refractivity contribution in [2.24, 2.45) is 0 Å². The maximum Gasteiger partial charge on any atom is 0.315 e. The van der Waals surface area contributed by atoms with Crippen LogP contribution >= 0.6 is 11.3 Å². The fourth-order valence-electron chi connectivity index (χ4n) is 1.45. The molecule has 2 heterocycles. The minimum absolute atomic E-state index is 0.568. The Hall–Kier alpha value is -1.75. The van der Waals surface area contributed by atoms with E-state index in [9.17, 15) is 4.79 Å². The second-order valence-electron chi connectivity index (χ2n) is 4.63. The van der Waals surface area contributed by atoms with Crippen LogP contribution in [0.15, 0.2) is 23.6 Å². The first kappa shape index (κ1) is 12.7. The van der Waals surface area contributed by atoms with E-state index in [1.165, 1.54) is 11.3 Å². The molecule has 0 radical (unpaired) electrons. The number of carboxylic acids is 1. The van der Waals surface area contributed by atoms with Crippen LogP contribution in [0.3, 0.4) is 0 Å². The van der Waals surface area contributed by atoms with E-state index >= 15 is 0 Å². The fourth-order valence-corrected chi connectivity index (χ4v) is 2.41. The summed E-state index contributed by atoms with van der Waals surface area (Å²) in [6.45, 7) is 5.22. The van der Waals surface area contributed by atoms with Crippen LogP contribution in [0, 0.1) is 6.92 Å². The van der Waals surface area contributed by atoms with Crippen molar-refractivity contribution in [3.8, 4) is 10.7 Å². The summed E-state index contributed by atoms with van der Waals surface area (Å²) in [7, 11) is 0. The number of thiazole rings is 1. The number of hydrogen-bond acceptors (Lipinski definition) is 4. The molecule has 1 N–H and O–H groups in total. The second-order valence-corrected chi connectivity index (χ2v) is 5.49. The Morgan fingerprint density at radius 3 is 2.67 bits per heavy atom. The predicted molar refractivity (Wildman–Crippen MR) is 70.7 cm³/mol. The van der Waals surface area contributed by atoms with Gasteiger partial charge in [-0.2, -0.15) is 0 Å². The van der Waals surface area contributed by atoms with Crippen molar-refractivity contribution in [3.05, 3.63) is 35.0 Å². The monoisotopic (exact) mass is 262 g/mol. The Morgan fingerprint density at radius 1 is 1.33 bits per heavy atom. The average molecular weight is 262 g/mol. The number of hydrogen-bond donors (Lipinski definition) is 1. The van der Waals surface area contributed by atoms with Crippen molar-refractivity contribution < 1.29 is 9.90 Å². The zero-order valence-electron chi connectivity index (χ0n) is 10.5. The molecule has 4 nitrogen and oxygen atoms in total. The maximum atomic E-state index is 11.2. The normalized spacial score (nSPS) is 11.5. The standard InChI is InChI=1S/C13H14N2O2S/c1-8-5-4-6-9(14-8)11-15-10(7-18-11)13(2,3)12(16)17/h4-7H,1-3H3,(H,16,17). The van der Waals surface area contributed by atoms with E-state index in [0.717, 1.165) is 16.4 Å². The highest BCUT2D eigenvalue weighted by Gasteiger charge is 2.32. The Bertz CT molecular complexity index is 590. The van der Waals surface area contributed by atoms with Crippen LogP contribution in [0.5, 0.6) is 0 Å². The summed E-state index contributed by atoms with van der Waals surface area (Å²) in [5.74, 6) is -0.878. The molecule has 2 aromatic rings. The number of aliphatic carboxylic acids is 1. The molecule has 0 unspecified atom stereocenters. The molecule has 0 fully saturated rings. The van der Waals surface area contributed by atoms with E-state index in [2.05, 4.69) is 9.97 Å². The molecule has 0 aliphatic heterocycles. The topological polar surface area (TPSA) is 63.1 Å². The molecule has 0 bridgehead atoms. The molecule has 94 valence electrons. The van der Waals surface area contributed by atoms with Gasteiger partial charge in [0.1, 0.15) is 10.4 Å². The van der Waals surface area contributed by atoms with Crippen LogP contribution < -0.4 is 0 Å². The van der Waals surface area contributed by atoms with E-state index in [1.54, 1.807) is 19.2 Å². The van der Waals surface area contributed by atoms with Gasteiger partial charge in [0, 0.05) is 11.1 Å². The number of carbonyl (C=O) groups is 1. The number of nitrogens with zero attached hydrogens (tertiary/aromatic N) is 2. The lowest BCUT2D eigenvalue weighted by atomic mass is 9.90. The summed E-state index contributed by atoms with van der Waals surface area (Å²) < 4.78 is 0. The van der Waals surface area contributed by atoms with Gasteiger partial charge >= 0.3 is 5.97 Å². The third-order valence-electron chi connectivity index (χ3n) is 2.79. The van der Waals surface area contributed by atoms with Gasteiger partial charge in [-0.3, -0.25) is 9.78 Å². The molecule has 2 rings (SSSR count). The molecule has 0 spiro atoms. The predicted octanol–water partition coefficient (Wildman–Crippen LogP) is 2.88. The van der Waals surface area contributed by atoms with Crippen LogP contribution in [0.4, 0.5) is 0 Å². The lowest BCUT2D eigenvalue weighted by Crippen LogP contribution is -2.28. The van der Waals surface area contributed by atoms with Gasteiger partial charge in [-0.15, -0.1) is 11.3 Å². The molecule has 0 atom stereocenters. The second kappa shape index (κ2) is 4.49. The summed E-state index contributed by atoms with van der Waals surface area (Å²) in [5, 5.41) is 11.7. The first-order chi connectivity index (χ1) is 8.41. The van der Waals surface area contributed by atoms with Crippen molar-refractivity contribution in [1.82, 2.24) is 9.97 Å². The first-order valence-electron chi connectivity index (χ1n) is 5.54. The quantitative estimate of drug-likeness (QED) is 0.923. The highest BCUT2D eigenvalue weighted by Crippen LogP contribution is 2.29. The molecule has 0 aromatic carbocycles. The van der Waals surface area contributed by atoms with Gasteiger partial charge in [0.15, 0.2) is 0 Å². The lowest BCUT2D eigenvalue weighted by Gasteiger charge is -2.15. The summed E-state index contributed by atoms with van der Waals surface area (Å²) in [4.78, 5) is 19.9. The largest absolute Gasteiger partial charge is 0.481 e. The van der Waals surface area contributed by atoms with Crippen LogP contribution in [0.1, 0.15) is 25.2 Å². The highest BCUT2D eigenvalue weighted by molar-refractivity contribution is 7.13. The molecule has 5 heteroatoms. The molecule has 2 aromatic heterocycles. The molecule has 0 saturated heterocycles. The first-order valence-corrected chi connectivity index (χ1v) is 6.42. The van der Waals surface area contributed by atoms with Crippen LogP contribution in [0.2, 0.25) is 0 Å². The highest BCUT2D eigenvalue weighted by atomic mass is 32.1. The molecule has 0 aliphatic rings. The molecule has 0 aliphatic carbocycles. The zero-order chi connectivity index (χ0) is 13.3. The van der Waals surface area contributed by atoms with Gasteiger partial charge < -0.3 is 5.11 Å². The number of aromatic nitrogens is 2. The van der Waals surface area contributed by atoms with Gasteiger partial charge in [0.2, 0.25) is 0 Å². The van der Waals surface area contributed by atoms with E-state index in [1.807, 2.05) is 25.1 Å². The number of carboxylic acid groups (broad SMARTS) is 1. The summed E-state index contributed by atoms with van der Waals surface area (Å²) in [6.07, 6.45) is 0. The van der Waals surface area contributed by atoms with E-state index in [4.69, 9.17) is 5.11 Å². The van der Waals surface area contributed by atoms with Gasteiger partial charge in [0.05, 0.1) is 11.4 Å². The Labute approximate surface area is 109 Å². The van der Waals surface area contributed by atoms with Gasteiger partial charge in [-0.1, -0.05) is 6.07 Å². The number of aryl methyl sites for hydroxylation is 1. The average Bonchev–Trinajstić information content (AvgIpc) is 2.78. The molecular formula is C13H14N2O2S. The van der Waals surface area contributed by atoms with Crippen LogP contribution in [0.25, 0.3) is 10.7 Å². The Balaban J connectivity index is 2.40. The van der Waals surface area contributed by atoms with Crippen molar-refractivity contribution in [2.45, 2.75) is 26.2 Å². The maximum absolute atomic E-state index is 11.2. The molecule has 18 heavy (non-hydrogen) atoms. The minimum Gasteiger partial charge on any atom is -0.481 e. The van der Waals surface area contributed by atoms with Crippen molar-refractivity contribution in [1.29, 1.82) is 0 Å². The molecule has 0 amide bonds. The third-order valence-corrected chi connectivity index (χ3v) is 3.65. The van der Waals surface area contributed by atoms with Gasteiger partial charge in [-0.25, -0.2) is 4.98 Å². The molecule has 0 saturated carbocycles. The lowest BCUT2D eigenvalue weighted by molar-refractivity contribution is -0.142. The molecular weight excluding hydrogens is 248 g/mol. The third kappa shape index (κ3) is 2.26. The zero-order valence-corrected chi connectivity index (χ0v) is 11.3. The van der Waals surface area contributed by atoms with E-state index < -0.39 is 11.4 Å². The fraction of sp³-hybridized carbons (Fsp3) is 0.308. The van der Waals surface area contributed by atoms with E-state index in [-0.39, 0.29) is 0 Å².